The van der Waals surface area contributed by atoms with Gasteiger partial charge >= 0.3 is 5.97 Å². The molecule has 80 valence electrons. The number of hydroxylamine groups is 1. The van der Waals surface area contributed by atoms with Crippen LogP contribution in [-0.2, 0) is 9.63 Å². The van der Waals surface area contributed by atoms with Crippen LogP contribution >= 0.6 is 0 Å². The highest BCUT2D eigenvalue weighted by molar-refractivity contribution is 5.66. The lowest BCUT2D eigenvalue weighted by molar-refractivity contribution is -0.139. The zero-order chi connectivity index (χ0) is 9.97. The molecule has 0 aromatic rings. The molecule has 0 spiro atoms. The Morgan fingerprint density at radius 3 is 2.86 bits per heavy atom. The van der Waals surface area contributed by atoms with Gasteiger partial charge in [-0.3, -0.25) is 4.79 Å². The van der Waals surface area contributed by atoms with Crippen molar-refractivity contribution in [1.29, 1.82) is 0 Å². The van der Waals surface area contributed by atoms with Crippen molar-refractivity contribution in [3.8, 4) is 0 Å². The van der Waals surface area contributed by atoms with E-state index in [0.29, 0.717) is 6.04 Å². The highest BCUT2D eigenvalue weighted by Gasteiger charge is 2.39. The number of hydrogen-bond donors (Lipinski definition) is 2. The molecule has 0 radical (unpaired) electrons. The zero-order valence-corrected chi connectivity index (χ0v) is 8.24. The van der Waals surface area contributed by atoms with Gasteiger partial charge in [-0.05, 0) is 31.1 Å². The van der Waals surface area contributed by atoms with E-state index in [0.717, 1.165) is 11.8 Å². The Morgan fingerprint density at radius 2 is 2.29 bits per heavy atom. The van der Waals surface area contributed by atoms with Crippen molar-refractivity contribution in [1.82, 2.24) is 5.48 Å². The topological polar surface area (TPSA) is 58.6 Å². The lowest BCUT2D eigenvalue weighted by Crippen LogP contribution is -2.34. The third-order valence-corrected chi connectivity index (χ3v) is 3.39. The first kappa shape index (κ1) is 9.93. The first-order valence-electron chi connectivity index (χ1n) is 5.35. The maximum absolute atomic E-state index is 10.2. The maximum Gasteiger partial charge on any atom is 0.305 e. The molecular weight excluding hydrogens is 182 g/mol. The van der Waals surface area contributed by atoms with Gasteiger partial charge in [0.2, 0.25) is 0 Å². The SMILES string of the molecule is O=C(O)CCONC1CC2CCC1C2. The van der Waals surface area contributed by atoms with E-state index in [2.05, 4.69) is 5.48 Å². The van der Waals surface area contributed by atoms with Crippen molar-refractivity contribution in [2.75, 3.05) is 6.61 Å². The standard InChI is InChI=1S/C10H17NO3/c12-10(13)3-4-14-11-9-6-7-1-2-8(9)5-7/h7-9,11H,1-6H2,(H,12,13). The van der Waals surface area contributed by atoms with Crippen LogP contribution in [0.25, 0.3) is 0 Å². The van der Waals surface area contributed by atoms with Crippen LogP contribution in [0.5, 0.6) is 0 Å². The van der Waals surface area contributed by atoms with Gasteiger partial charge < -0.3 is 9.94 Å². The third-order valence-electron chi connectivity index (χ3n) is 3.39. The summed E-state index contributed by atoms with van der Waals surface area (Å²) in [7, 11) is 0. The molecule has 3 unspecified atom stereocenters. The van der Waals surface area contributed by atoms with Gasteiger partial charge in [0, 0.05) is 6.04 Å². The van der Waals surface area contributed by atoms with Crippen LogP contribution in [0.4, 0.5) is 0 Å². The van der Waals surface area contributed by atoms with E-state index in [1.165, 1.54) is 25.7 Å². The van der Waals surface area contributed by atoms with Gasteiger partial charge in [-0.15, -0.1) is 0 Å². The summed E-state index contributed by atoms with van der Waals surface area (Å²) in [5.74, 6) is 0.852. The second-order valence-corrected chi connectivity index (χ2v) is 4.39. The first-order chi connectivity index (χ1) is 6.75. The molecular formula is C10H17NO3. The molecule has 2 aliphatic rings. The van der Waals surface area contributed by atoms with E-state index < -0.39 is 5.97 Å². The van der Waals surface area contributed by atoms with Gasteiger partial charge in [0.1, 0.15) is 0 Å². The average molecular weight is 199 g/mol. The molecule has 0 aromatic carbocycles. The van der Waals surface area contributed by atoms with E-state index in [1.807, 2.05) is 0 Å². The summed E-state index contributed by atoms with van der Waals surface area (Å²) in [4.78, 5) is 15.4. The van der Waals surface area contributed by atoms with Crippen LogP contribution < -0.4 is 5.48 Å². The molecule has 2 rings (SSSR count). The van der Waals surface area contributed by atoms with Crippen molar-refractivity contribution in [3.63, 3.8) is 0 Å². The van der Waals surface area contributed by atoms with Gasteiger partial charge in [0.25, 0.3) is 0 Å². The highest BCUT2D eigenvalue weighted by Crippen LogP contribution is 2.44. The average Bonchev–Trinajstić information content (AvgIpc) is 2.73. The number of hydrogen-bond acceptors (Lipinski definition) is 3. The Kier molecular flexibility index (Phi) is 3.03. The molecule has 4 nitrogen and oxygen atoms in total. The molecule has 14 heavy (non-hydrogen) atoms. The number of fused-ring (bicyclic) bond motifs is 2. The van der Waals surface area contributed by atoms with Crippen molar-refractivity contribution in [2.45, 2.75) is 38.1 Å². The van der Waals surface area contributed by atoms with E-state index in [-0.39, 0.29) is 13.0 Å². The fourth-order valence-electron chi connectivity index (χ4n) is 2.69. The summed E-state index contributed by atoms with van der Waals surface area (Å²) in [5, 5.41) is 8.40. The molecule has 2 aliphatic carbocycles. The van der Waals surface area contributed by atoms with Crippen LogP contribution in [0.1, 0.15) is 32.1 Å². The van der Waals surface area contributed by atoms with Crippen LogP contribution in [0, 0.1) is 11.8 Å². The molecule has 4 heteroatoms. The van der Waals surface area contributed by atoms with Gasteiger partial charge in [-0.1, -0.05) is 6.42 Å². The van der Waals surface area contributed by atoms with Gasteiger partial charge in [-0.2, -0.15) is 5.48 Å². The number of carbonyl (C=O) groups is 1. The fraction of sp³-hybridized carbons (Fsp3) is 0.900. The predicted octanol–water partition coefficient (Wildman–Crippen LogP) is 1.17. The van der Waals surface area contributed by atoms with E-state index in [4.69, 9.17) is 9.94 Å². The first-order valence-corrected chi connectivity index (χ1v) is 5.35. The summed E-state index contributed by atoms with van der Waals surface area (Å²) in [6.07, 6.45) is 5.30. The smallest absolute Gasteiger partial charge is 0.305 e. The van der Waals surface area contributed by atoms with Gasteiger partial charge in [-0.25, -0.2) is 0 Å². The van der Waals surface area contributed by atoms with Crippen LogP contribution in [-0.4, -0.2) is 23.7 Å². The molecule has 2 saturated carbocycles. The second-order valence-electron chi connectivity index (χ2n) is 4.39. The van der Waals surface area contributed by atoms with E-state index in [9.17, 15) is 4.79 Å². The molecule has 0 aliphatic heterocycles. The Hall–Kier alpha value is -0.610. The Balaban J connectivity index is 1.60. The minimum absolute atomic E-state index is 0.0772. The summed E-state index contributed by atoms with van der Waals surface area (Å²) in [6.45, 7) is 0.267. The van der Waals surface area contributed by atoms with Crippen molar-refractivity contribution < 1.29 is 14.7 Å². The number of nitrogens with one attached hydrogen (secondary N) is 1. The van der Waals surface area contributed by atoms with Crippen molar-refractivity contribution >= 4 is 5.97 Å². The number of carboxylic acids is 1. The molecule has 0 aromatic heterocycles. The van der Waals surface area contributed by atoms with Crippen LogP contribution in [0.3, 0.4) is 0 Å². The molecule has 2 bridgehead atoms. The van der Waals surface area contributed by atoms with E-state index in [1.54, 1.807) is 0 Å². The number of carboxylic acid groups (broad SMARTS) is 1. The summed E-state index contributed by atoms with van der Waals surface area (Å²) in [6, 6.07) is 0.475. The quantitative estimate of drug-likeness (QED) is 0.515. The minimum atomic E-state index is -0.806. The predicted molar refractivity (Wildman–Crippen MR) is 50.6 cm³/mol. The van der Waals surface area contributed by atoms with Crippen molar-refractivity contribution in [2.24, 2.45) is 11.8 Å². The normalized spacial score (nSPS) is 35.0. The number of rotatable bonds is 5. The molecule has 2 fully saturated rings. The van der Waals surface area contributed by atoms with E-state index >= 15 is 0 Å². The summed E-state index contributed by atoms with van der Waals surface area (Å²) in [5.41, 5.74) is 3.01. The summed E-state index contributed by atoms with van der Waals surface area (Å²) < 4.78 is 0. The monoisotopic (exact) mass is 199 g/mol. The lowest BCUT2D eigenvalue weighted by Gasteiger charge is -2.22. The van der Waals surface area contributed by atoms with Crippen LogP contribution in [0.2, 0.25) is 0 Å². The Labute approximate surface area is 83.6 Å². The molecule has 2 N–H and O–H groups in total. The molecule has 0 heterocycles. The van der Waals surface area contributed by atoms with Gasteiger partial charge in [0.15, 0.2) is 0 Å². The Morgan fingerprint density at radius 1 is 1.43 bits per heavy atom. The fourth-order valence-corrected chi connectivity index (χ4v) is 2.69. The molecule has 0 saturated heterocycles. The molecule has 0 amide bonds. The molecule has 3 atom stereocenters. The second kappa shape index (κ2) is 4.28. The largest absolute Gasteiger partial charge is 0.481 e. The van der Waals surface area contributed by atoms with Gasteiger partial charge in [0.05, 0.1) is 13.0 Å². The highest BCUT2D eigenvalue weighted by atomic mass is 16.6. The zero-order valence-electron chi connectivity index (χ0n) is 8.24. The minimum Gasteiger partial charge on any atom is -0.481 e. The van der Waals surface area contributed by atoms with Crippen LogP contribution in [0.15, 0.2) is 0 Å². The van der Waals surface area contributed by atoms with Crippen molar-refractivity contribution in [3.05, 3.63) is 0 Å². The third kappa shape index (κ3) is 2.25. The summed E-state index contributed by atoms with van der Waals surface area (Å²) >= 11 is 0. The Bertz CT molecular complexity index is 219. The number of aliphatic carboxylic acids is 1. The lowest BCUT2D eigenvalue weighted by atomic mass is 9.96. The maximum atomic E-state index is 10.2.